The number of hydrogen-bond donors (Lipinski definition) is 0. The van der Waals surface area contributed by atoms with Gasteiger partial charge < -0.3 is 9.64 Å². The molecule has 1 aliphatic rings. The number of nitrogens with zero attached hydrogens (tertiary/aromatic N) is 2. The molecule has 0 spiro atoms. The van der Waals surface area contributed by atoms with Gasteiger partial charge in [-0.25, -0.2) is 4.79 Å². The summed E-state index contributed by atoms with van der Waals surface area (Å²) in [6.07, 6.45) is 0.263. The molecule has 1 amide bonds. The van der Waals surface area contributed by atoms with Gasteiger partial charge in [-0.2, -0.15) is 0 Å². The first-order valence-corrected chi connectivity index (χ1v) is 6.92. The van der Waals surface area contributed by atoms with Crippen molar-refractivity contribution in [3.8, 4) is 0 Å². The van der Waals surface area contributed by atoms with Gasteiger partial charge >= 0.3 is 6.09 Å². The van der Waals surface area contributed by atoms with Crippen LogP contribution in [-0.4, -0.2) is 28.1 Å². The fourth-order valence-electron chi connectivity index (χ4n) is 2.40. The molecule has 0 bridgehead atoms. The Morgan fingerprint density at radius 3 is 2.57 bits per heavy atom. The van der Waals surface area contributed by atoms with E-state index in [1.165, 1.54) is 0 Å². The van der Waals surface area contributed by atoms with Crippen LogP contribution in [0.5, 0.6) is 0 Å². The lowest BCUT2D eigenvalue weighted by Gasteiger charge is -2.31. The normalized spacial score (nSPS) is 14.6. The molecule has 6 nitrogen and oxygen atoms in total. The fourth-order valence-corrected chi connectivity index (χ4v) is 2.40. The predicted molar refractivity (Wildman–Crippen MR) is 78.2 cm³/mol. The number of fused-ring (bicyclic) bond motifs is 1. The minimum absolute atomic E-state index is 0.138. The van der Waals surface area contributed by atoms with Crippen molar-refractivity contribution in [1.29, 1.82) is 0 Å². The Bertz CT molecular complexity index is 590. The second kappa shape index (κ2) is 5.35. The van der Waals surface area contributed by atoms with Crippen LogP contribution in [-0.2, 0) is 17.7 Å². The number of amides is 1. The van der Waals surface area contributed by atoms with Gasteiger partial charge in [-0.05, 0) is 51.3 Å². The number of nitro groups is 1. The lowest BCUT2D eigenvalue weighted by Crippen LogP contribution is -2.39. The van der Waals surface area contributed by atoms with Crippen molar-refractivity contribution >= 4 is 11.8 Å². The molecule has 1 aromatic rings. The molecule has 0 saturated carbocycles. The van der Waals surface area contributed by atoms with E-state index in [4.69, 9.17) is 4.74 Å². The van der Waals surface area contributed by atoms with Crippen molar-refractivity contribution in [2.75, 3.05) is 6.54 Å². The summed E-state index contributed by atoms with van der Waals surface area (Å²) in [5.41, 5.74) is 2.12. The summed E-state index contributed by atoms with van der Waals surface area (Å²) < 4.78 is 5.36. The summed E-state index contributed by atoms with van der Waals surface area (Å²) in [6, 6.07) is 3.42. The van der Waals surface area contributed by atoms with Gasteiger partial charge in [0.05, 0.1) is 4.92 Å². The second-order valence-corrected chi connectivity index (χ2v) is 6.32. The fraction of sp³-hybridized carbons (Fsp3) is 0.533. The van der Waals surface area contributed by atoms with Crippen LogP contribution in [0.25, 0.3) is 0 Å². The summed E-state index contributed by atoms with van der Waals surface area (Å²) in [5.74, 6) is 0. The van der Waals surface area contributed by atoms with E-state index in [0.29, 0.717) is 25.1 Å². The molecule has 114 valence electrons. The Labute approximate surface area is 123 Å². The molecule has 1 aliphatic heterocycles. The maximum absolute atomic E-state index is 12.1. The maximum atomic E-state index is 12.1. The number of nitro benzene ring substituents is 1. The Kier molecular flexibility index (Phi) is 3.89. The Hall–Kier alpha value is -2.11. The highest BCUT2D eigenvalue weighted by atomic mass is 16.6. The zero-order chi connectivity index (χ0) is 15.8. The Morgan fingerprint density at radius 1 is 1.33 bits per heavy atom. The predicted octanol–water partition coefficient (Wildman–Crippen LogP) is 3.20. The minimum Gasteiger partial charge on any atom is -0.444 e. The largest absolute Gasteiger partial charge is 0.444 e. The van der Waals surface area contributed by atoms with Crippen molar-refractivity contribution in [3.05, 3.63) is 38.9 Å². The Morgan fingerprint density at radius 2 is 2.00 bits per heavy atom. The molecule has 0 aliphatic carbocycles. The SMILES string of the molecule is Cc1cc2c(cc1[N+](=O)[O-])CCN(C(=O)OC(C)(C)C)C2. The number of aryl methyl sites for hydroxylation is 1. The summed E-state index contributed by atoms with van der Waals surface area (Å²) in [6.45, 7) is 8.15. The van der Waals surface area contributed by atoms with E-state index in [2.05, 4.69) is 0 Å². The van der Waals surface area contributed by atoms with E-state index in [-0.39, 0.29) is 16.7 Å². The zero-order valence-corrected chi connectivity index (χ0v) is 12.8. The van der Waals surface area contributed by atoms with E-state index in [1.807, 2.05) is 20.8 Å². The van der Waals surface area contributed by atoms with E-state index < -0.39 is 5.60 Å². The smallest absolute Gasteiger partial charge is 0.410 e. The van der Waals surface area contributed by atoms with Gasteiger partial charge in [0.1, 0.15) is 5.60 Å². The molecule has 0 radical (unpaired) electrons. The average molecular weight is 292 g/mol. The van der Waals surface area contributed by atoms with E-state index in [1.54, 1.807) is 24.0 Å². The van der Waals surface area contributed by atoms with Crippen LogP contribution in [0.1, 0.15) is 37.5 Å². The highest BCUT2D eigenvalue weighted by molar-refractivity contribution is 5.69. The summed E-state index contributed by atoms with van der Waals surface area (Å²) >= 11 is 0. The van der Waals surface area contributed by atoms with E-state index >= 15 is 0 Å². The molecule has 0 aromatic heterocycles. The van der Waals surface area contributed by atoms with Gasteiger partial charge in [-0.3, -0.25) is 10.1 Å². The first-order valence-electron chi connectivity index (χ1n) is 6.92. The average Bonchev–Trinajstić information content (AvgIpc) is 2.34. The zero-order valence-electron chi connectivity index (χ0n) is 12.8. The van der Waals surface area contributed by atoms with Crippen molar-refractivity contribution in [3.63, 3.8) is 0 Å². The number of benzene rings is 1. The number of hydrogen-bond acceptors (Lipinski definition) is 4. The molecule has 6 heteroatoms. The minimum atomic E-state index is -0.525. The molecule has 21 heavy (non-hydrogen) atoms. The summed E-state index contributed by atoms with van der Waals surface area (Å²) in [4.78, 5) is 24.3. The maximum Gasteiger partial charge on any atom is 0.410 e. The van der Waals surface area contributed by atoms with Crippen molar-refractivity contribution in [1.82, 2.24) is 4.90 Å². The quantitative estimate of drug-likeness (QED) is 0.588. The van der Waals surface area contributed by atoms with Crippen LogP contribution in [0.3, 0.4) is 0 Å². The van der Waals surface area contributed by atoms with Gasteiger partial charge in [0.25, 0.3) is 5.69 Å². The third-order valence-corrected chi connectivity index (χ3v) is 3.38. The van der Waals surface area contributed by atoms with Gasteiger partial charge in [0.2, 0.25) is 0 Å². The summed E-state index contributed by atoms with van der Waals surface area (Å²) in [7, 11) is 0. The molecule has 1 heterocycles. The standard InChI is InChI=1S/C15H20N2O4/c1-10-7-12-9-16(14(18)21-15(2,3)4)6-5-11(12)8-13(10)17(19)20/h7-8H,5-6,9H2,1-4H3. The van der Waals surface area contributed by atoms with Crippen LogP contribution in [0.15, 0.2) is 12.1 Å². The van der Waals surface area contributed by atoms with Crippen molar-refractivity contribution < 1.29 is 14.5 Å². The molecule has 2 rings (SSSR count). The molecule has 0 fully saturated rings. The molecule has 0 N–H and O–H groups in total. The van der Waals surface area contributed by atoms with Crippen LogP contribution < -0.4 is 0 Å². The lowest BCUT2D eigenvalue weighted by atomic mass is 9.96. The highest BCUT2D eigenvalue weighted by Gasteiger charge is 2.27. The first-order chi connectivity index (χ1) is 9.67. The van der Waals surface area contributed by atoms with Crippen LogP contribution in [0.2, 0.25) is 0 Å². The van der Waals surface area contributed by atoms with E-state index in [0.717, 1.165) is 11.1 Å². The van der Waals surface area contributed by atoms with Crippen molar-refractivity contribution in [2.45, 2.75) is 46.3 Å². The van der Waals surface area contributed by atoms with Gasteiger partial charge in [0, 0.05) is 24.7 Å². The first kappa shape index (κ1) is 15.3. The molecular weight excluding hydrogens is 272 g/mol. The lowest BCUT2D eigenvalue weighted by molar-refractivity contribution is -0.385. The molecular formula is C15H20N2O4. The monoisotopic (exact) mass is 292 g/mol. The Balaban J connectivity index is 2.19. The van der Waals surface area contributed by atoms with Gasteiger partial charge in [-0.1, -0.05) is 0 Å². The summed E-state index contributed by atoms with van der Waals surface area (Å²) in [5, 5.41) is 11.0. The molecule has 0 atom stereocenters. The van der Waals surface area contributed by atoms with Crippen LogP contribution in [0, 0.1) is 17.0 Å². The number of carbonyl (C=O) groups is 1. The van der Waals surface area contributed by atoms with Crippen LogP contribution in [0.4, 0.5) is 10.5 Å². The van der Waals surface area contributed by atoms with Gasteiger partial charge in [0.15, 0.2) is 0 Å². The molecule has 1 aromatic carbocycles. The highest BCUT2D eigenvalue weighted by Crippen LogP contribution is 2.28. The van der Waals surface area contributed by atoms with Gasteiger partial charge in [-0.15, -0.1) is 0 Å². The molecule has 0 saturated heterocycles. The second-order valence-electron chi connectivity index (χ2n) is 6.32. The third-order valence-electron chi connectivity index (χ3n) is 3.38. The number of ether oxygens (including phenoxy) is 1. The van der Waals surface area contributed by atoms with Crippen LogP contribution >= 0.6 is 0 Å². The third kappa shape index (κ3) is 3.51. The topological polar surface area (TPSA) is 72.7 Å². The van der Waals surface area contributed by atoms with Crippen molar-refractivity contribution in [2.24, 2.45) is 0 Å². The number of carbonyl (C=O) groups excluding carboxylic acids is 1. The van der Waals surface area contributed by atoms with E-state index in [9.17, 15) is 14.9 Å². The number of rotatable bonds is 1. The molecule has 0 unspecified atom stereocenters.